The molecule has 0 amide bonds. The largest absolute Gasteiger partial charge is 0.506 e. The first-order chi connectivity index (χ1) is 11.8. The van der Waals surface area contributed by atoms with Crippen molar-refractivity contribution in [2.24, 2.45) is 10.7 Å². The van der Waals surface area contributed by atoms with E-state index in [2.05, 4.69) is 15.6 Å². The monoisotopic (exact) mass is 382 g/mol. The third-order valence-corrected chi connectivity index (χ3v) is 4.15. The van der Waals surface area contributed by atoms with Crippen molar-refractivity contribution in [1.29, 1.82) is 0 Å². The van der Waals surface area contributed by atoms with Crippen molar-refractivity contribution >= 4 is 35.1 Å². The van der Waals surface area contributed by atoms with Crippen molar-refractivity contribution < 1.29 is 14.6 Å². The number of nitrogens with one attached hydrogen (secondary N) is 2. The maximum Gasteiger partial charge on any atom is 0.210 e. The first kappa shape index (κ1) is 17.3. The van der Waals surface area contributed by atoms with Crippen LogP contribution in [0.5, 0.6) is 11.5 Å². The molecule has 1 atom stereocenters. The summed E-state index contributed by atoms with van der Waals surface area (Å²) in [7, 11) is 0. The number of phenols is 2. The Labute approximate surface area is 152 Å². The fourth-order valence-electron chi connectivity index (χ4n) is 2.22. The standard InChI is InChI=1S/C16H13Cl2FN4O2/c17-10-5-8(1-3-13(10)24)16(20)21-7-12(19)15(23-16)22-9-2-4-14(25)11(18)6-9/h1-7,22-25H,20H2. The van der Waals surface area contributed by atoms with Crippen molar-refractivity contribution in [1.82, 2.24) is 5.32 Å². The summed E-state index contributed by atoms with van der Waals surface area (Å²) >= 11 is 11.7. The van der Waals surface area contributed by atoms with E-state index in [9.17, 15) is 14.6 Å². The van der Waals surface area contributed by atoms with Gasteiger partial charge in [0.05, 0.1) is 16.3 Å². The maximum atomic E-state index is 14.1. The van der Waals surface area contributed by atoms with E-state index in [4.69, 9.17) is 28.9 Å². The highest BCUT2D eigenvalue weighted by Crippen LogP contribution is 2.31. The summed E-state index contributed by atoms with van der Waals surface area (Å²) in [5.41, 5.74) is 7.05. The fraction of sp³-hybridized carbons (Fsp3) is 0.0625. The number of allylic oxidation sites excluding steroid dienone is 1. The zero-order valence-electron chi connectivity index (χ0n) is 12.6. The number of nitrogens with zero attached hydrogens (tertiary/aromatic N) is 1. The van der Waals surface area contributed by atoms with Crippen LogP contribution in [-0.2, 0) is 5.79 Å². The molecule has 1 aliphatic rings. The molecule has 9 heteroatoms. The Morgan fingerprint density at radius 3 is 2.36 bits per heavy atom. The van der Waals surface area contributed by atoms with Crippen molar-refractivity contribution in [2.75, 3.05) is 5.32 Å². The number of benzene rings is 2. The smallest absolute Gasteiger partial charge is 0.210 e. The molecule has 0 bridgehead atoms. The molecule has 3 rings (SSSR count). The molecular weight excluding hydrogens is 370 g/mol. The molecule has 0 spiro atoms. The summed E-state index contributed by atoms with van der Waals surface area (Å²) in [5, 5.41) is 24.7. The summed E-state index contributed by atoms with van der Waals surface area (Å²) in [5.74, 6) is -2.39. The lowest BCUT2D eigenvalue weighted by molar-refractivity contribution is 0.386. The van der Waals surface area contributed by atoms with Crippen molar-refractivity contribution in [3.05, 3.63) is 63.7 Å². The van der Waals surface area contributed by atoms with Crippen LogP contribution in [0.1, 0.15) is 5.56 Å². The second-order valence-electron chi connectivity index (χ2n) is 5.33. The van der Waals surface area contributed by atoms with Gasteiger partial charge in [-0.15, -0.1) is 0 Å². The van der Waals surface area contributed by atoms with E-state index >= 15 is 0 Å². The lowest BCUT2D eigenvalue weighted by Gasteiger charge is -2.32. The number of halogens is 3. The van der Waals surface area contributed by atoms with Crippen molar-refractivity contribution in [2.45, 2.75) is 5.79 Å². The second kappa shape index (κ2) is 6.44. The van der Waals surface area contributed by atoms with Gasteiger partial charge in [-0.25, -0.2) is 9.38 Å². The molecule has 0 fully saturated rings. The molecule has 0 aliphatic carbocycles. The van der Waals surface area contributed by atoms with Gasteiger partial charge in [0.2, 0.25) is 5.79 Å². The van der Waals surface area contributed by atoms with Crippen molar-refractivity contribution in [3.63, 3.8) is 0 Å². The van der Waals surface area contributed by atoms with E-state index < -0.39 is 11.6 Å². The molecule has 0 saturated carbocycles. The molecule has 1 aliphatic heterocycles. The molecule has 25 heavy (non-hydrogen) atoms. The van der Waals surface area contributed by atoms with Crippen LogP contribution in [0.3, 0.4) is 0 Å². The van der Waals surface area contributed by atoms with Gasteiger partial charge in [-0.05, 0) is 36.4 Å². The van der Waals surface area contributed by atoms with E-state index in [0.717, 1.165) is 6.21 Å². The summed E-state index contributed by atoms with van der Waals surface area (Å²) < 4.78 is 14.1. The fourth-order valence-corrected chi connectivity index (χ4v) is 2.58. The Morgan fingerprint density at radius 2 is 1.72 bits per heavy atom. The molecule has 1 unspecified atom stereocenters. The molecule has 2 aromatic rings. The Balaban J connectivity index is 1.89. The number of phenolic OH excluding ortho intramolecular Hbond substituents is 2. The Bertz CT molecular complexity index is 904. The van der Waals surface area contributed by atoms with Crippen LogP contribution in [0.2, 0.25) is 10.0 Å². The van der Waals surface area contributed by atoms with Gasteiger partial charge in [0.1, 0.15) is 17.3 Å². The van der Waals surface area contributed by atoms with Crippen LogP contribution in [0.25, 0.3) is 0 Å². The zero-order chi connectivity index (χ0) is 18.2. The average molecular weight is 383 g/mol. The van der Waals surface area contributed by atoms with Crippen LogP contribution in [-0.4, -0.2) is 16.4 Å². The number of aromatic hydroxyl groups is 2. The number of hydrogen-bond donors (Lipinski definition) is 5. The molecule has 130 valence electrons. The summed E-state index contributed by atoms with van der Waals surface area (Å²) in [6.07, 6.45) is 0.974. The highest BCUT2D eigenvalue weighted by Gasteiger charge is 2.31. The van der Waals surface area contributed by atoms with E-state index in [1.165, 1.54) is 36.4 Å². The van der Waals surface area contributed by atoms with Gasteiger partial charge in [-0.3, -0.25) is 5.73 Å². The minimum Gasteiger partial charge on any atom is -0.506 e. The van der Waals surface area contributed by atoms with Crippen LogP contribution in [0, 0.1) is 0 Å². The van der Waals surface area contributed by atoms with Gasteiger partial charge in [-0.2, -0.15) is 0 Å². The predicted molar refractivity (Wildman–Crippen MR) is 95.5 cm³/mol. The summed E-state index contributed by atoms with van der Waals surface area (Å²) in [6.45, 7) is 0. The zero-order valence-corrected chi connectivity index (χ0v) is 14.1. The number of rotatable bonds is 3. The number of aliphatic imine (C=N–C) groups is 1. The number of anilines is 1. The van der Waals surface area contributed by atoms with Crippen LogP contribution < -0.4 is 16.4 Å². The topological polar surface area (TPSA) is 103 Å². The molecule has 1 heterocycles. The second-order valence-corrected chi connectivity index (χ2v) is 6.14. The Kier molecular flexibility index (Phi) is 4.47. The van der Waals surface area contributed by atoms with Gasteiger partial charge in [0.15, 0.2) is 5.83 Å². The Morgan fingerprint density at radius 1 is 1.08 bits per heavy atom. The highest BCUT2D eigenvalue weighted by atomic mass is 35.5. The summed E-state index contributed by atoms with van der Waals surface area (Å²) in [6, 6.07) is 8.63. The van der Waals surface area contributed by atoms with E-state index in [-0.39, 0.29) is 27.4 Å². The van der Waals surface area contributed by atoms with Crippen LogP contribution in [0.4, 0.5) is 10.1 Å². The molecule has 0 aromatic heterocycles. The van der Waals surface area contributed by atoms with E-state index in [1.807, 2.05) is 0 Å². The van der Waals surface area contributed by atoms with Crippen LogP contribution >= 0.6 is 23.2 Å². The maximum absolute atomic E-state index is 14.1. The molecular formula is C16H13Cl2FN4O2. The third-order valence-electron chi connectivity index (χ3n) is 3.54. The lowest BCUT2D eigenvalue weighted by Crippen LogP contribution is -2.51. The molecule has 0 saturated heterocycles. The first-order valence-corrected chi connectivity index (χ1v) is 7.81. The van der Waals surface area contributed by atoms with Crippen molar-refractivity contribution in [3.8, 4) is 11.5 Å². The molecule has 6 N–H and O–H groups in total. The predicted octanol–water partition coefficient (Wildman–Crippen LogP) is 3.40. The van der Waals surface area contributed by atoms with Crippen LogP contribution in [0.15, 0.2) is 53.0 Å². The number of nitrogens with two attached hydrogens (primary N) is 1. The van der Waals surface area contributed by atoms with Gasteiger partial charge >= 0.3 is 0 Å². The molecule has 6 nitrogen and oxygen atoms in total. The van der Waals surface area contributed by atoms with Gasteiger partial charge < -0.3 is 20.8 Å². The highest BCUT2D eigenvalue weighted by molar-refractivity contribution is 6.32. The Hall–Kier alpha value is -2.48. The average Bonchev–Trinajstić information content (AvgIpc) is 2.57. The molecule has 2 aromatic carbocycles. The SMILES string of the molecule is NC1(c2ccc(O)c(Cl)c2)N=CC(F)=C(Nc2ccc(O)c(Cl)c2)N1. The lowest BCUT2D eigenvalue weighted by atomic mass is 10.1. The number of hydrogen-bond acceptors (Lipinski definition) is 6. The normalized spacial score (nSPS) is 19.7. The van der Waals surface area contributed by atoms with E-state index in [0.29, 0.717) is 11.3 Å². The minimum absolute atomic E-state index is 0.0385. The van der Waals surface area contributed by atoms with E-state index in [1.54, 1.807) is 0 Å². The minimum atomic E-state index is -1.49. The quantitative estimate of drug-likeness (QED) is 0.523. The van der Waals surface area contributed by atoms with Gasteiger partial charge in [0, 0.05) is 11.3 Å². The van der Waals surface area contributed by atoms with Gasteiger partial charge in [0.25, 0.3) is 0 Å². The first-order valence-electron chi connectivity index (χ1n) is 7.05. The third kappa shape index (κ3) is 3.48. The molecule has 0 radical (unpaired) electrons. The van der Waals surface area contributed by atoms with Gasteiger partial charge in [-0.1, -0.05) is 23.2 Å². The summed E-state index contributed by atoms with van der Waals surface area (Å²) in [4.78, 5) is 3.97.